The molecule has 0 spiro atoms. The maximum atomic E-state index is 13.7. The van der Waals surface area contributed by atoms with Gasteiger partial charge in [-0.2, -0.15) is 0 Å². The molecular formula is C29H37BrN4O2. The average Bonchev–Trinajstić information content (AvgIpc) is 3.38. The minimum absolute atomic E-state index is 0.0911. The van der Waals surface area contributed by atoms with Crippen molar-refractivity contribution in [1.29, 1.82) is 0 Å². The topological polar surface area (TPSA) is 55.9 Å². The lowest BCUT2D eigenvalue weighted by Gasteiger charge is -2.42. The van der Waals surface area contributed by atoms with Crippen molar-refractivity contribution in [3.63, 3.8) is 0 Å². The van der Waals surface area contributed by atoms with E-state index in [0.29, 0.717) is 26.2 Å². The minimum Gasteiger partial charge on any atom is -0.385 e. The lowest BCUT2D eigenvalue weighted by molar-refractivity contribution is -0.151. The maximum Gasteiger partial charge on any atom is 0.229 e. The van der Waals surface area contributed by atoms with E-state index < -0.39 is 0 Å². The van der Waals surface area contributed by atoms with E-state index in [4.69, 9.17) is 0 Å². The first-order valence-electron chi connectivity index (χ1n) is 13.4. The molecule has 0 unspecified atom stereocenters. The Labute approximate surface area is 223 Å². The van der Waals surface area contributed by atoms with E-state index in [0.717, 1.165) is 74.0 Å². The zero-order valence-corrected chi connectivity index (χ0v) is 22.6. The van der Waals surface area contributed by atoms with Gasteiger partial charge in [-0.25, -0.2) is 0 Å². The number of benzene rings is 2. The van der Waals surface area contributed by atoms with Gasteiger partial charge in [-0.15, -0.1) is 0 Å². The predicted molar refractivity (Wildman–Crippen MR) is 146 cm³/mol. The van der Waals surface area contributed by atoms with Crippen LogP contribution in [0.25, 0.3) is 0 Å². The standard InChI is InChI=1S/C29H37BrN4O2/c30-26-11-12-27-24(17-26)19-33(29(36)25-20-34(21-25)28(35)23-9-4-5-10-23)16-15-32(14-6-13-31-27)18-22-7-2-1-3-8-22/h1-3,7-8,11-12,17,23,25,31H,4-6,9-10,13-16,18-21H2. The summed E-state index contributed by atoms with van der Waals surface area (Å²) < 4.78 is 1.02. The van der Waals surface area contributed by atoms with Gasteiger partial charge in [0.25, 0.3) is 0 Å². The molecule has 0 bridgehead atoms. The minimum atomic E-state index is -0.0911. The van der Waals surface area contributed by atoms with E-state index in [-0.39, 0.29) is 23.7 Å². The second-order valence-electron chi connectivity index (χ2n) is 10.5. The summed E-state index contributed by atoms with van der Waals surface area (Å²) in [6.07, 6.45) is 5.37. The van der Waals surface area contributed by atoms with Crippen molar-refractivity contribution in [1.82, 2.24) is 14.7 Å². The number of halogens is 1. The fraction of sp³-hybridized carbons (Fsp3) is 0.517. The van der Waals surface area contributed by atoms with E-state index in [9.17, 15) is 9.59 Å². The van der Waals surface area contributed by atoms with E-state index >= 15 is 0 Å². The van der Waals surface area contributed by atoms with Gasteiger partial charge in [-0.05, 0) is 48.6 Å². The number of hydrogen-bond donors (Lipinski definition) is 1. The van der Waals surface area contributed by atoms with Gasteiger partial charge in [0.1, 0.15) is 0 Å². The van der Waals surface area contributed by atoms with E-state index in [1.165, 1.54) is 5.56 Å². The van der Waals surface area contributed by atoms with Crippen LogP contribution in [0, 0.1) is 11.8 Å². The number of rotatable bonds is 4. The number of carbonyl (C=O) groups is 2. The Balaban J connectivity index is 1.29. The smallest absolute Gasteiger partial charge is 0.229 e. The van der Waals surface area contributed by atoms with Crippen LogP contribution in [0.4, 0.5) is 5.69 Å². The number of anilines is 1. The summed E-state index contributed by atoms with van der Waals surface area (Å²) in [7, 11) is 0. The average molecular weight is 554 g/mol. The van der Waals surface area contributed by atoms with Crippen LogP contribution in [0.5, 0.6) is 0 Å². The number of hydrogen-bond acceptors (Lipinski definition) is 4. The number of fused-ring (bicyclic) bond motifs is 1. The fourth-order valence-corrected chi connectivity index (χ4v) is 6.15. The lowest BCUT2D eigenvalue weighted by Crippen LogP contribution is -2.57. The summed E-state index contributed by atoms with van der Waals surface area (Å²) >= 11 is 3.62. The molecule has 2 aromatic rings. The molecule has 36 heavy (non-hydrogen) atoms. The summed E-state index contributed by atoms with van der Waals surface area (Å²) in [5.74, 6) is 0.532. The van der Waals surface area contributed by atoms with Crippen LogP contribution in [0.1, 0.15) is 43.2 Å². The number of amides is 2. The summed E-state index contributed by atoms with van der Waals surface area (Å²) in [5, 5.41) is 3.60. The number of carbonyl (C=O) groups excluding carboxylic acids is 2. The van der Waals surface area contributed by atoms with Gasteiger partial charge in [0, 0.05) is 68.4 Å². The predicted octanol–water partition coefficient (Wildman–Crippen LogP) is 4.74. The van der Waals surface area contributed by atoms with E-state index in [2.05, 4.69) is 74.7 Å². The molecule has 5 rings (SSSR count). The first kappa shape index (κ1) is 25.3. The molecule has 2 amide bonds. The molecule has 192 valence electrons. The largest absolute Gasteiger partial charge is 0.385 e. The Hall–Kier alpha value is -2.38. The highest BCUT2D eigenvalue weighted by molar-refractivity contribution is 9.10. The molecule has 1 saturated heterocycles. The van der Waals surface area contributed by atoms with Crippen molar-refractivity contribution in [2.24, 2.45) is 11.8 Å². The zero-order chi connectivity index (χ0) is 24.9. The molecule has 1 N–H and O–H groups in total. The quantitative estimate of drug-likeness (QED) is 0.595. The van der Waals surface area contributed by atoms with Crippen LogP contribution in [0.15, 0.2) is 53.0 Å². The highest BCUT2D eigenvalue weighted by Gasteiger charge is 2.40. The van der Waals surface area contributed by atoms with Crippen LogP contribution in [0.3, 0.4) is 0 Å². The SMILES string of the molecule is O=C(C1CN(C(=O)C2CCCC2)C1)N1CCN(Cc2ccccc2)CCCNc2ccc(Br)cc2C1. The monoisotopic (exact) mass is 552 g/mol. The first-order chi connectivity index (χ1) is 17.6. The number of nitrogens with zero attached hydrogens (tertiary/aromatic N) is 3. The fourth-order valence-electron chi connectivity index (χ4n) is 5.74. The summed E-state index contributed by atoms with van der Waals surface area (Å²) in [5.41, 5.74) is 3.53. The van der Waals surface area contributed by atoms with Crippen LogP contribution in [-0.2, 0) is 22.7 Å². The van der Waals surface area contributed by atoms with Gasteiger partial charge >= 0.3 is 0 Å². The number of likely N-dealkylation sites (tertiary alicyclic amines) is 1. The van der Waals surface area contributed by atoms with Crippen molar-refractivity contribution >= 4 is 33.4 Å². The summed E-state index contributed by atoms with van der Waals surface area (Å²) in [6, 6.07) is 16.8. The van der Waals surface area contributed by atoms with Gasteiger partial charge in [0.15, 0.2) is 0 Å². The third-order valence-corrected chi connectivity index (χ3v) is 8.38. The molecule has 2 heterocycles. The zero-order valence-electron chi connectivity index (χ0n) is 21.0. The van der Waals surface area contributed by atoms with Crippen LogP contribution >= 0.6 is 15.9 Å². The van der Waals surface area contributed by atoms with Crippen LogP contribution in [0.2, 0.25) is 0 Å². The summed E-state index contributed by atoms with van der Waals surface area (Å²) in [4.78, 5) is 32.9. The second-order valence-corrected chi connectivity index (χ2v) is 11.4. The third-order valence-electron chi connectivity index (χ3n) is 7.89. The molecule has 2 fully saturated rings. The van der Waals surface area contributed by atoms with Gasteiger partial charge in [-0.3, -0.25) is 14.5 Å². The van der Waals surface area contributed by atoms with Gasteiger partial charge < -0.3 is 15.1 Å². The molecule has 2 aromatic carbocycles. The van der Waals surface area contributed by atoms with E-state index in [1.807, 2.05) is 9.80 Å². The molecular weight excluding hydrogens is 516 g/mol. The Morgan fingerprint density at radius 1 is 0.861 bits per heavy atom. The Morgan fingerprint density at radius 2 is 1.61 bits per heavy atom. The van der Waals surface area contributed by atoms with Crippen molar-refractivity contribution in [2.45, 2.75) is 45.2 Å². The molecule has 0 radical (unpaired) electrons. The van der Waals surface area contributed by atoms with Crippen LogP contribution < -0.4 is 5.32 Å². The molecule has 1 aliphatic carbocycles. The maximum absolute atomic E-state index is 13.7. The number of nitrogens with one attached hydrogen (secondary N) is 1. The van der Waals surface area contributed by atoms with E-state index in [1.54, 1.807) is 0 Å². The Morgan fingerprint density at radius 3 is 2.39 bits per heavy atom. The Kier molecular flexibility index (Phi) is 8.27. The molecule has 2 aliphatic heterocycles. The van der Waals surface area contributed by atoms with Gasteiger partial charge in [0.2, 0.25) is 11.8 Å². The summed E-state index contributed by atoms with van der Waals surface area (Å²) in [6.45, 7) is 6.00. The molecule has 6 nitrogen and oxygen atoms in total. The highest BCUT2D eigenvalue weighted by Crippen LogP contribution is 2.31. The Bertz CT molecular complexity index is 1050. The van der Waals surface area contributed by atoms with Crippen molar-refractivity contribution in [3.05, 3.63) is 64.1 Å². The van der Waals surface area contributed by atoms with Gasteiger partial charge in [-0.1, -0.05) is 59.1 Å². The third kappa shape index (κ3) is 6.12. The van der Waals surface area contributed by atoms with Crippen molar-refractivity contribution < 1.29 is 9.59 Å². The first-order valence-corrected chi connectivity index (χ1v) is 14.2. The molecule has 3 aliphatic rings. The molecule has 7 heteroatoms. The molecule has 1 saturated carbocycles. The molecule has 0 aromatic heterocycles. The van der Waals surface area contributed by atoms with Gasteiger partial charge in [0.05, 0.1) is 5.92 Å². The highest BCUT2D eigenvalue weighted by atomic mass is 79.9. The van der Waals surface area contributed by atoms with Crippen molar-refractivity contribution in [2.75, 3.05) is 44.6 Å². The lowest BCUT2D eigenvalue weighted by atomic mass is 9.94. The second kappa shape index (κ2) is 11.8. The van der Waals surface area contributed by atoms with Crippen molar-refractivity contribution in [3.8, 4) is 0 Å². The van der Waals surface area contributed by atoms with Crippen LogP contribution in [-0.4, -0.2) is 65.8 Å². The molecule has 0 atom stereocenters. The normalized spacial score (nSPS) is 20.2.